The summed E-state index contributed by atoms with van der Waals surface area (Å²) in [7, 11) is 0. The van der Waals surface area contributed by atoms with Gasteiger partial charge in [0.25, 0.3) is 11.8 Å². The highest BCUT2D eigenvalue weighted by molar-refractivity contribution is 5.94. The van der Waals surface area contributed by atoms with Crippen molar-refractivity contribution < 1.29 is 9.59 Å². The number of rotatable bonds is 4. The average Bonchev–Trinajstić information content (AvgIpc) is 3.36. The first-order chi connectivity index (χ1) is 18.0. The van der Waals surface area contributed by atoms with Crippen molar-refractivity contribution in [1.29, 1.82) is 0 Å². The van der Waals surface area contributed by atoms with Crippen LogP contribution >= 0.6 is 0 Å². The third-order valence-corrected chi connectivity index (χ3v) is 7.36. The topological polar surface area (TPSA) is 106 Å². The zero-order chi connectivity index (χ0) is 25.4. The Morgan fingerprint density at radius 3 is 2.81 bits per heavy atom. The second-order valence-corrected chi connectivity index (χ2v) is 10.2. The number of hydrogen-bond donors (Lipinski definition) is 1. The quantitative estimate of drug-likeness (QED) is 0.596. The Balaban J connectivity index is 1.16. The number of carbonyl (C=O) groups excluding carboxylic acids is 2. The van der Waals surface area contributed by atoms with E-state index in [2.05, 4.69) is 36.1 Å². The normalized spacial score (nSPS) is 20.6. The second kappa shape index (κ2) is 9.38. The standard InChI is InChI=1S/C28H29N7O2/c1-28(11-6-7-19(16-28)25-33-32-24-9-3-5-13-35(24)25)31-26(36)23-15-21-18-34(14-10-20(21)17-30-23)27(37)22-8-2-4-12-29-22/h2,4,6-8,11-12,15,17H,3,5,9-10,13-14,16,18H2,1H3,(H,31,36). The SMILES string of the molecule is CC1(NC(=O)c2cc3c(cn2)CCN(C(=O)c2ccccn2)C3)C=CC=C(c2nnc3n2CCCC3)C1. The van der Waals surface area contributed by atoms with E-state index in [-0.39, 0.29) is 11.8 Å². The first-order valence-corrected chi connectivity index (χ1v) is 12.8. The van der Waals surface area contributed by atoms with Gasteiger partial charge in [0, 0.05) is 44.9 Å². The summed E-state index contributed by atoms with van der Waals surface area (Å²) in [5.74, 6) is 1.58. The number of nitrogens with zero attached hydrogens (tertiary/aromatic N) is 6. The van der Waals surface area contributed by atoms with Crippen LogP contribution in [0.2, 0.25) is 0 Å². The molecule has 0 saturated carbocycles. The van der Waals surface area contributed by atoms with Crippen molar-refractivity contribution in [2.45, 2.75) is 57.7 Å². The van der Waals surface area contributed by atoms with Gasteiger partial charge in [-0.05, 0) is 61.1 Å². The smallest absolute Gasteiger partial charge is 0.272 e. The van der Waals surface area contributed by atoms with E-state index in [1.165, 1.54) is 0 Å². The van der Waals surface area contributed by atoms with E-state index in [9.17, 15) is 9.59 Å². The molecule has 1 unspecified atom stereocenters. The van der Waals surface area contributed by atoms with E-state index in [1.54, 1.807) is 29.4 Å². The number of aromatic nitrogens is 5. The van der Waals surface area contributed by atoms with Crippen LogP contribution in [-0.4, -0.2) is 53.5 Å². The molecule has 9 heteroatoms. The molecule has 0 radical (unpaired) electrons. The van der Waals surface area contributed by atoms with Gasteiger partial charge in [0.15, 0.2) is 5.82 Å². The number of aryl methyl sites for hydroxylation is 1. The van der Waals surface area contributed by atoms with Crippen molar-refractivity contribution in [2.24, 2.45) is 0 Å². The van der Waals surface area contributed by atoms with Crippen LogP contribution in [0.1, 0.15) is 69.9 Å². The highest BCUT2D eigenvalue weighted by atomic mass is 16.2. The molecule has 188 valence electrons. The maximum absolute atomic E-state index is 13.3. The molecule has 5 heterocycles. The van der Waals surface area contributed by atoms with E-state index >= 15 is 0 Å². The summed E-state index contributed by atoms with van der Waals surface area (Å²) in [5.41, 5.74) is 3.25. The third kappa shape index (κ3) is 4.57. The molecule has 37 heavy (non-hydrogen) atoms. The van der Waals surface area contributed by atoms with Crippen LogP contribution in [0.15, 0.2) is 54.9 Å². The molecule has 1 N–H and O–H groups in total. The Hall–Kier alpha value is -4.14. The first-order valence-electron chi connectivity index (χ1n) is 12.8. The fraction of sp³-hybridized carbons (Fsp3) is 0.357. The molecule has 2 amide bonds. The number of hydrogen-bond acceptors (Lipinski definition) is 6. The van der Waals surface area contributed by atoms with E-state index in [0.29, 0.717) is 37.3 Å². The Labute approximate surface area is 215 Å². The van der Waals surface area contributed by atoms with Gasteiger partial charge in [-0.1, -0.05) is 24.3 Å². The zero-order valence-electron chi connectivity index (χ0n) is 20.9. The molecule has 1 atom stereocenters. The van der Waals surface area contributed by atoms with Crippen LogP contribution in [0, 0.1) is 0 Å². The number of carbonyl (C=O) groups is 2. The monoisotopic (exact) mass is 495 g/mol. The van der Waals surface area contributed by atoms with E-state index < -0.39 is 5.54 Å². The fourth-order valence-electron chi connectivity index (χ4n) is 5.39. The van der Waals surface area contributed by atoms with Crippen molar-refractivity contribution in [1.82, 2.24) is 34.9 Å². The summed E-state index contributed by atoms with van der Waals surface area (Å²) in [4.78, 5) is 36.6. The molecule has 6 rings (SSSR count). The summed E-state index contributed by atoms with van der Waals surface area (Å²) in [6.45, 7) is 3.96. The lowest BCUT2D eigenvalue weighted by atomic mass is 9.87. The lowest BCUT2D eigenvalue weighted by molar-refractivity contribution is 0.0728. The van der Waals surface area contributed by atoms with Gasteiger partial charge in [0.2, 0.25) is 0 Å². The third-order valence-electron chi connectivity index (χ3n) is 7.36. The first kappa shape index (κ1) is 23.3. The number of pyridine rings is 2. The number of allylic oxidation sites excluding steroid dienone is 2. The Morgan fingerprint density at radius 1 is 1.03 bits per heavy atom. The van der Waals surface area contributed by atoms with Crippen LogP contribution in [0.3, 0.4) is 0 Å². The molecule has 0 saturated heterocycles. The average molecular weight is 496 g/mol. The van der Waals surface area contributed by atoms with Gasteiger partial charge in [0.1, 0.15) is 17.2 Å². The lowest BCUT2D eigenvalue weighted by Crippen LogP contribution is -2.45. The maximum atomic E-state index is 13.3. The summed E-state index contributed by atoms with van der Waals surface area (Å²) < 4.78 is 2.21. The minimum Gasteiger partial charge on any atom is -0.342 e. The van der Waals surface area contributed by atoms with Crippen molar-refractivity contribution >= 4 is 17.4 Å². The molecule has 0 spiro atoms. The highest BCUT2D eigenvalue weighted by Crippen LogP contribution is 2.31. The predicted molar refractivity (Wildman–Crippen MR) is 137 cm³/mol. The van der Waals surface area contributed by atoms with Crippen molar-refractivity contribution in [3.63, 3.8) is 0 Å². The van der Waals surface area contributed by atoms with Crippen LogP contribution in [0.25, 0.3) is 5.57 Å². The van der Waals surface area contributed by atoms with Gasteiger partial charge >= 0.3 is 0 Å². The summed E-state index contributed by atoms with van der Waals surface area (Å²) >= 11 is 0. The summed E-state index contributed by atoms with van der Waals surface area (Å²) in [6.07, 6.45) is 14.0. The Morgan fingerprint density at radius 2 is 1.95 bits per heavy atom. The van der Waals surface area contributed by atoms with Crippen molar-refractivity contribution in [3.8, 4) is 0 Å². The van der Waals surface area contributed by atoms with Gasteiger partial charge in [-0.2, -0.15) is 0 Å². The van der Waals surface area contributed by atoms with Crippen LogP contribution in [0.5, 0.6) is 0 Å². The van der Waals surface area contributed by atoms with Crippen molar-refractivity contribution in [2.75, 3.05) is 6.54 Å². The Kier molecular flexibility index (Phi) is 5.90. The van der Waals surface area contributed by atoms with Crippen LogP contribution < -0.4 is 5.32 Å². The molecule has 3 aromatic heterocycles. The minimum atomic E-state index is -0.583. The van der Waals surface area contributed by atoms with E-state index in [0.717, 1.165) is 54.2 Å². The molecule has 1 aliphatic carbocycles. The van der Waals surface area contributed by atoms with Gasteiger partial charge in [-0.3, -0.25) is 19.6 Å². The molecule has 3 aliphatic rings. The molecule has 9 nitrogen and oxygen atoms in total. The highest BCUT2D eigenvalue weighted by Gasteiger charge is 2.31. The lowest BCUT2D eigenvalue weighted by Gasteiger charge is -2.31. The maximum Gasteiger partial charge on any atom is 0.272 e. The second-order valence-electron chi connectivity index (χ2n) is 10.2. The molecule has 0 fully saturated rings. The largest absolute Gasteiger partial charge is 0.342 e. The summed E-state index contributed by atoms with van der Waals surface area (Å²) in [6, 6.07) is 7.13. The van der Waals surface area contributed by atoms with Crippen molar-refractivity contribution in [3.05, 3.63) is 89.1 Å². The minimum absolute atomic E-state index is 0.107. The number of amides is 2. The van der Waals surface area contributed by atoms with Gasteiger partial charge in [0.05, 0.1) is 5.54 Å². The Bertz CT molecular complexity index is 1430. The molecule has 3 aromatic rings. The van der Waals surface area contributed by atoms with E-state index in [4.69, 9.17) is 0 Å². The van der Waals surface area contributed by atoms with Gasteiger partial charge < -0.3 is 14.8 Å². The van der Waals surface area contributed by atoms with Gasteiger partial charge in [-0.25, -0.2) is 0 Å². The van der Waals surface area contributed by atoms with Crippen LogP contribution in [-0.2, 0) is 25.9 Å². The molecular weight excluding hydrogens is 466 g/mol. The molecule has 0 bridgehead atoms. The number of fused-ring (bicyclic) bond motifs is 2. The summed E-state index contributed by atoms with van der Waals surface area (Å²) in [5, 5.41) is 12.0. The molecule has 0 aromatic carbocycles. The predicted octanol–water partition coefficient (Wildman–Crippen LogP) is 3.13. The van der Waals surface area contributed by atoms with E-state index in [1.807, 2.05) is 31.2 Å². The fourth-order valence-corrected chi connectivity index (χ4v) is 5.39. The molecule has 2 aliphatic heterocycles. The van der Waals surface area contributed by atoms with Crippen LogP contribution in [0.4, 0.5) is 0 Å². The number of nitrogens with one attached hydrogen (secondary N) is 1. The zero-order valence-corrected chi connectivity index (χ0v) is 20.9. The van der Waals surface area contributed by atoms with Gasteiger partial charge in [-0.15, -0.1) is 10.2 Å². The molecular formula is C28H29N7O2.